The Morgan fingerprint density at radius 2 is 1.86 bits per heavy atom. The van der Waals surface area contributed by atoms with Gasteiger partial charge in [0.2, 0.25) is 0 Å². The highest BCUT2D eigenvalue weighted by molar-refractivity contribution is 5.98. The molecule has 7 heteroatoms. The highest BCUT2D eigenvalue weighted by atomic mass is 16.6. The first-order valence-corrected chi connectivity index (χ1v) is 9.34. The van der Waals surface area contributed by atoms with Crippen LogP contribution < -0.4 is 15.6 Å². The smallest absolute Gasteiger partial charge is 0.412 e. The van der Waals surface area contributed by atoms with Crippen molar-refractivity contribution >= 4 is 22.7 Å². The van der Waals surface area contributed by atoms with Gasteiger partial charge in [-0.3, -0.25) is 14.7 Å². The number of carbonyl (C=O) groups is 1. The molecule has 152 valence electrons. The molecule has 1 unspecified atom stereocenters. The SMILES string of the molecule is COc1ccccc1C(C)n1cnc2cccc(NC(=O)OC(C)(C)C)c2c1=O. The van der Waals surface area contributed by atoms with Crippen molar-refractivity contribution in [3.63, 3.8) is 0 Å². The molecule has 0 aliphatic rings. The van der Waals surface area contributed by atoms with E-state index in [2.05, 4.69) is 10.3 Å². The number of aromatic nitrogens is 2. The van der Waals surface area contributed by atoms with E-state index in [4.69, 9.17) is 9.47 Å². The van der Waals surface area contributed by atoms with Crippen molar-refractivity contribution in [3.8, 4) is 5.75 Å². The van der Waals surface area contributed by atoms with Gasteiger partial charge in [0.05, 0.1) is 36.1 Å². The Labute approximate surface area is 169 Å². The Bertz CT molecular complexity index is 1100. The van der Waals surface area contributed by atoms with Gasteiger partial charge in [0, 0.05) is 5.56 Å². The van der Waals surface area contributed by atoms with Crippen LogP contribution in [0.5, 0.6) is 5.75 Å². The molecule has 29 heavy (non-hydrogen) atoms. The largest absolute Gasteiger partial charge is 0.496 e. The van der Waals surface area contributed by atoms with Crippen molar-refractivity contribution < 1.29 is 14.3 Å². The maximum Gasteiger partial charge on any atom is 0.412 e. The average molecular weight is 395 g/mol. The fourth-order valence-corrected chi connectivity index (χ4v) is 3.13. The molecule has 7 nitrogen and oxygen atoms in total. The van der Waals surface area contributed by atoms with Crippen molar-refractivity contribution in [2.24, 2.45) is 0 Å². The third-order valence-electron chi connectivity index (χ3n) is 4.45. The van der Waals surface area contributed by atoms with Crippen LogP contribution in [0.2, 0.25) is 0 Å². The molecule has 0 saturated heterocycles. The van der Waals surface area contributed by atoms with Crippen molar-refractivity contribution in [2.75, 3.05) is 12.4 Å². The van der Waals surface area contributed by atoms with Crippen LogP contribution in [-0.2, 0) is 4.74 Å². The molecule has 0 aliphatic carbocycles. The summed E-state index contributed by atoms with van der Waals surface area (Å²) in [6.07, 6.45) is 0.886. The number of ether oxygens (including phenoxy) is 2. The molecule has 0 bridgehead atoms. The number of nitrogens with one attached hydrogen (secondary N) is 1. The number of anilines is 1. The second-order valence-corrected chi connectivity index (χ2v) is 7.70. The van der Waals surface area contributed by atoms with Crippen LogP contribution in [0.25, 0.3) is 10.9 Å². The maximum absolute atomic E-state index is 13.3. The third kappa shape index (κ3) is 4.39. The van der Waals surface area contributed by atoms with Crippen molar-refractivity contribution in [1.29, 1.82) is 0 Å². The minimum atomic E-state index is -0.647. The molecule has 0 saturated carbocycles. The second-order valence-electron chi connectivity index (χ2n) is 7.70. The van der Waals surface area contributed by atoms with Gasteiger partial charge < -0.3 is 9.47 Å². The van der Waals surface area contributed by atoms with Crippen molar-refractivity contribution in [3.05, 3.63) is 64.7 Å². The van der Waals surface area contributed by atoms with Gasteiger partial charge in [-0.05, 0) is 45.9 Å². The molecule has 0 aliphatic heterocycles. The summed E-state index contributed by atoms with van der Waals surface area (Å²) in [5, 5.41) is 2.99. The number of carbonyl (C=O) groups excluding carboxylic acids is 1. The van der Waals surface area contributed by atoms with E-state index < -0.39 is 11.7 Å². The van der Waals surface area contributed by atoms with Crippen molar-refractivity contribution in [2.45, 2.75) is 39.3 Å². The summed E-state index contributed by atoms with van der Waals surface area (Å²) in [6.45, 7) is 7.23. The summed E-state index contributed by atoms with van der Waals surface area (Å²) < 4.78 is 12.3. The normalized spacial score (nSPS) is 12.4. The average Bonchev–Trinajstić information content (AvgIpc) is 2.66. The van der Waals surface area contributed by atoms with Crippen molar-refractivity contribution in [1.82, 2.24) is 9.55 Å². The number of methoxy groups -OCH3 is 1. The van der Waals surface area contributed by atoms with Crippen LogP contribution in [0, 0.1) is 0 Å². The summed E-state index contributed by atoms with van der Waals surface area (Å²) in [5.74, 6) is 0.687. The zero-order valence-corrected chi connectivity index (χ0v) is 17.2. The number of fused-ring (bicyclic) bond motifs is 1. The Morgan fingerprint density at radius 1 is 1.14 bits per heavy atom. The van der Waals surface area contributed by atoms with Gasteiger partial charge in [-0.2, -0.15) is 0 Å². The monoisotopic (exact) mass is 395 g/mol. The van der Waals surface area contributed by atoms with E-state index in [1.807, 2.05) is 31.2 Å². The lowest BCUT2D eigenvalue weighted by Gasteiger charge is -2.21. The number of amides is 1. The molecule has 1 amide bonds. The zero-order chi connectivity index (χ0) is 21.2. The Kier molecular flexibility index (Phi) is 5.59. The molecule has 0 spiro atoms. The third-order valence-corrected chi connectivity index (χ3v) is 4.45. The number of hydrogen-bond donors (Lipinski definition) is 1. The van der Waals surface area contributed by atoms with Crippen LogP contribution in [0.4, 0.5) is 10.5 Å². The minimum Gasteiger partial charge on any atom is -0.496 e. The number of rotatable bonds is 4. The highest BCUT2D eigenvalue weighted by Gasteiger charge is 2.20. The van der Waals surface area contributed by atoms with Crippen LogP contribution >= 0.6 is 0 Å². The Morgan fingerprint density at radius 3 is 2.55 bits per heavy atom. The number of nitrogens with zero attached hydrogens (tertiary/aromatic N) is 2. The first-order chi connectivity index (χ1) is 13.7. The van der Waals surface area contributed by atoms with E-state index in [1.165, 1.54) is 10.9 Å². The van der Waals surface area contributed by atoms with E-state index >= 15 is 0 Å². The van der Waals surface area contributed by atoms with E-state index in [0.717, 1.165) is 5.56 Å². The fourth-order valence-electron chi connectivity index (χ4n) is 3.13. The molecule has 2 aromatic carbocycles. The lowest BCUT2D eigenvalue weighted by molar-refractivity contribution is 0.0636. The number of hydrogen-bond acceptors (Lipinski definition) is 5. The maximum atomic E-state index is 13.3. The van der Waals surface area contributed by atoms with E-state index in [9.17, 15) is 9.59 Å². The topological polar surface area (TPSA) is 82.4 Å². The number of para-hydroxylation sites is 1. The van der Waals surface area contributed by atoms with Gasteiger partial charge >= 0.3 is 6.09 Å². The fraction of sp³-hybridized carbons (Fsp3) is 0.318. The molecule has 1 heterocycles. The molecule has 0 fully saturated rings. The molecule has 0 radical (unpaired) electrons. The van der Waals surface area contributed by atoms with Gasteiger partial charge in [-0.15, -0.1) is 0 Å². The van der Waals surface area contributed by atoms with Gasteiger partial charge in [-0.1, -0.05) is 24.3 Å². The van der Waals surface area contributed by atoms with Crippen LogP contribution in [-0.4, -0.2) is 28.4 Å². The van der Waals surface area contributed by atoms with Crippen LogP contribution in [0.3, 0.4) is 0 Å². The summed E-state index contributed by atoms with van der Waals surface area (Å²) in [4.78, 5) is 30.0. The van der Waals surface area contributed by atoms with E-state index in [-0.39, 0.29) is 11.6 Å². The lowest BCUT2D eigenvalue weighted by Crippen LogP contribution is -2.29. The highest BCUT2D eigenvalue weighted by Crippen LogP contribution is 2.27. The summed E-state index contributed by atoms with van der Waals surface area (Å²) in [6, 6.07) is 12.3. The summed E-state index contributed by atoms with van der Waals surface area (Å²) >= 11 is 0. The quantitative estimate of drug-likeness (QED) is 0.710. The van der Waals surface area contributed by atoms with Crippen LogP contribution in [0.1, 0.15) is 39.3 Å². The molecular formula is C22H25N3O4. The first kappa shape index (κ1) is 20.4. The first-order valence-electron chi connectivity index (χ1n) is 9.34. The summed E-state index contributed by atoms with van der Waals surface area (Å²) in [7, 11) is 1.59. The molecule has 1 aromatic heterocycles. The van der Waals surface area contributed by atoms with Crippen LogP contribution in [0.15, 0.2) is 53.6 Å². The predicted molar refractivity (Wildman–Crippen MR) is 113 cm³/mol. The second kappa shape index (κ2) is 7.95. The van der Waals surface area contributed by atoms with E-state index in [1.54, 1.807) is 46.1 Å². The molecule has 1 N–H and O–H groups in total. The standard InChI is InChI=1S/C22H25N3O4/c1-14(15-9-6-7-12-18(15)28-5)25-13-23-16-10-8-11-17(19(16)20(25)26)24-21(27)29-22(2,3)4/h6-14H,1-5H3,(H,24,27). The van der Waals surface area contributed by atoms with Gasteiger partial charge in [0.15, 0.2) is 0 Å². The van der Waals surface area contributed by atoms with E-state index in [0.29, 0.717) is 22.3 Å². The van der Waals surface area contributed by atoms with Gasteiger partial charge in [0.25, 0.3) is 5.56 Å². The predicted octanol–water partition coefficient (Wildman–Crippen LogP) is 4.36. The van der Waals surface area contributed by atoms with Gasteiger partial charge in [-0.25, -0.2) is 9.78 Å². The zero-order valence-electron chi connectivity index (χ0n) is 17.2. The molecule has 1 atom stereocenters. The summed E-state index contributed by atoms with van der Waals surface area (Å²) in [5.41, 5.74) is 0.796. The molecule has 3 aromatic rings. The minimum absolute atomic E-state index is 0.264. The molecule has 3 rings (SSSR count). The molecular weight excluding hydrogens is 370 g/mol. The lowest BCUT2D eigenvalue weighted by atomic mass is 10.1. The van der Waals surface area contributed by atoms with Gasteiger partial charge in [0.1, 0.15) is 11.4 Å². The Balaban J connectivity index is 2.07. The number of benzene rings is 2. The Hall–Kier alpha value is -3.35.